The first-order valence-electron chi connectivity index (χ1n) is 17.7. The van der Waals surface area contributed by atoms with Crippen LogP contribution in [0.4, 0.5) is 0 Å². The van der Waals surface area contributed by atoms with E-state index in [2.05, 4.69) is 140 Å². The zero-order chi connectivity index (χ0) is 35.2. The molecule has 0 saturated carbocycles. The van der Waals surface area contributed by atoms with E-state index >= 15 is 0 Å². The van der Waals surface area contributed by atoms with Crippen molar-refractivity contribution in [2.45, 2.75) is 26.2 Å². The Morgan fingerprint density at radius 2 is 1.50 bits per heavy atom. The van der Waals surface area contributed by atoms with Gasteiger partial charge in [0, 0.05) is 65.4 Å². The molecule has 9 rings (SSSR count). The first-order valence-corrected chi connectivity index (χ1v) is 18.6. The first-order chi connectivity index (χ1) is 25.6. The Balaban J connectivity index is 1.24. The molecule has 3 nitrogen and oxygen atoms in total. The van der Waals surface area contributed by atoms with Crippen LogP contribution in [0.1, 0.15) is 46.5 Å². The van der Waals surface area contributed by atoms with Crippen molar-refractivity contribution >= 4 is 43.7 Å². The van der Waals surface area contributed by atoms with Gasteiger partial charge in [0.05, 0.1) is 23.0 Å². The number of fused-ring (bicyclic) bond motifs is 4. The monoisotopic (exact) mass is 685 g/mol. The smallest absolute Gasteiger partial charge is 0.0998 e. The number of hydrogen-bond donors (Lipinski definition) is 0. The summed E-state index contributed by atoms with van der Waals surface area (Å²) in [5.41, 5.74) is 13.9. The average molecular weight is 686 g/mol. The zero-order valence-corrected chi connectivity index (χ0v) is 29.9. The van der Waals surface area contributed by atoms with Crippen LogP contribution in [0.15, 0.2) is 146 Å². The fourth-order valence-electron chi connectivity index (χ4n) is 7.91. The summed E-state index contributed by atoms with van der Waals surface area (Å²) in [5.74, 6) is 0.224. The van der Waals surface area contributed by atoms with Crippen LogP contribution in [0, 0.1) is 18.3 Å². The van der Waals surface area contributed by atoms with Crippen LogP contribution < -0.4 is 0 Å². The van der Waals surface area contributed by atoms with Gasteiger partial charge in [0.25, 0.3) is 0 Å². The van der Waals surface area contributed by atoms with Gasteiger partial charge in [-0.1, -0.05) is 115 Å². The lowest BCUT2D eigenvalue weighted by atomic mass is 9.86. The van der Waals surface area contributed by atoms with E-state index in [0.29, 0.717) is 5.56 Å². The molecular formula is C48H35N3S. The van der Waals surface area contributed by atoms with Gasteiger partial charge >= 0.3 is 0 Å². The lowest BCUT2D eigenvalue weighted by molar-refractivity contribution is 0.776. The number of hydrogen-bond acceptors (Lipinski definition) is 3. The standard InChI is InChI=1S/C48H35N3S/c1-3-13-38-31(2)51(46-29-33(24-25-41(38)46)40-19-11-20-43-42-18-9-10-23-47(42)52-48(40)43)37-27-35(39-17-8-7-16-34(39)30-49)26-36(28-37)45-22-12-21-44(50-45)32-14-5-4-6-15-32/h3-28,33H,29H2,1-2H3/b13-3-. The Bertz CT molecular complexity index is 2750. The molecule has 1 aliphatic carbocycles. The van der Waals surface area contributed by atoms with Crippen LogP contribution in [0.5, 0.6) is 0 Å². The molecule has 248 valence electrons. The van der Waals surface area contributed by atoms with Gasteiger partial charge in [0.2, 0.25) is 0 Å². The largest absolute Gasteiger partial charge is 0.317 e. The quantitative estimate of drug-likeness (QED) is 0.175. The number of allylic oxidation sites excluding steroid dienone is 2. The van der Waals surface area contributed by atoms with E-state index in [1.807, 2.05) is 53.8 Å². The summed E-state index contributed by atoms with van der Waals surface area (Å²) in [6.45, 7) is 4.32. The molecule has 0 saturated heterocycles. The Morgan fingerprint density at radius 1 is 0.769 bits per heavy atom. The summed E-state index contributed by atoms with van der Waals surface area (Å²) in [4.78, 5) is 5.17. The number of benzene rings is 5. The molecule has 0 bridgehead atoms. The molecule has 3 heterocycles. The molecule has 0 spiro atoms. The van der Waals surface area contributed by atoms with Gasteiger partial charge in [-0.05, 0) is 79.4 Å². The van der Waals surface area contributed by atoms with E-state index in [1.165, 1.54) is 48.3 Å². The molecule has 1 atom stereocenters. The van der Waals surface area contributed by atoms with E-state index < -0.39 is 0 Å². The molecule has 0 fully saturated rings. The second kappa shape index (κ2) is 13.1. The Hall–Kier alpha value is -6.28. The van der Waals surface area contributed by atoms with Crippen LogP contribution in [-0.2, 0) is 6.42 Å². The fraction of sp³-hybridized carbons (Fsp3) is 0.0833. The van der Waals surface area contributed by atoms with Gasteiger partial charge < -0.3 is 4.57 Å². The maximum absolute atomic E-state index is 10.2. The highest BCUT2D eigenvalue weighted by Crippen LogP contribution is 2.44. The molecule has 4 heteroatoms. The lowest BCUT2D eigenvalue weighted by Crippen LogP contribution is -2.11. The summed E-state index contributed by atoms with van der Waals surface area (Å²) < 4.78 is 5.15. The minimum atomic E-state index is 0.224. The van der Waals surface area contributed by atoms with Crippen LogP contribution >= 0.6 is 11.3 Å². The van der Waals surface area contributed by atoms with E-state index in [0.717, 1.165) is 45.7 Å². The molecule has 0 radical (unpaired) electrons. The van der Waals surface area contributed by atoms with Crippen molar-refractivity contribution in [1.29, 1.82) is 5.26 Å². The van der Waals surface area contributed by atoms with Crippen LogP contribution in [-0.4, -0.2) is 9.55 Å². The second-order valence-corrected chi connectivity index (χ2v) is 14.4. The van der Waals surface area contributed by atoms with Crippen molar-refractivity contribution in [3.63, 3.8) is 0 Å². The van der Waals surface area contributed by atoms with Gasteiger partial charge in [-0.3, -0.25) is 0 Å². The SMILES string of the molecule is C/C=C\c1c2c(n(-c3cc(-c4cccc(-c5ccccc5)n4)cc(-c4ccccc4C#N)c3)c1C)CC(c1cccc3c1sc1ccccc13)C=C2. The highest BCUT2D eigenvalue weighted by Gasteiger charge is 2.27. The number of nitrogens with zero attached hydrogens (tertiary/aromatic N) is 3. The number of thiophene rings is 1. The molecule has 0 aliphatic heterocycles. The maximum Gasteiger partial charge on any atom is 0.0998 e. The molecule has 1 unspecified atom stereocenters. The molecule has 5 aromatic carbocycles. The molecule has 8 aromatic rings. The van der Waals surface area contributed by atoms with E-state index in [-0.39, 0.29) is 5.92 Å². The Kier molecular flexibility index (Phi) is 7.99. The van der Waals surface area contributed by atoms with E-state index in [9.17, 15) is 5.26 Å². The van der Waals surface area contributed by atoms with Crippen LogP contribution in [0.2, 0.25) is 0 Å². The van der Waals surface area contributed by atoms with Gasteiger partial charge in [0.15, 0.2) is 0 Å². The van der Waals surface area contributed by atoms with Crippen LogP contribution in [0.25, 0.3) is 71.7 Å². The highest BCUT2D eigenvalue weighted by molar-refractivity contribution is 7.26. The maximum atomic E-state index is 10.2. The van der Waals surface area contributed by atoms with Crippen molar-refractivity contribution in [1.82, 2.24) is 9.55 Å². The number of pyridine rings is 1. The van der Waals surface area contributed by atoms with Gasteiger partial charge in [-0.2, -0.15) is 5.26 Å². The minimum Gasteiger partial charge on any atom is -0.317 e. The zero-order valence-electron chi connectivity index (χ0n) is 29.0. The number of aromatic nitrogens is 2. The van der Waals surface area contributed by atoms with Crippen molar-refractivity contribution in [3.8, 4) is 45.4 Å². The number of rotatable bonds is 6. The fourth-order valence-corrected chi connectivity index (χ4v) is 9.19. The third-order valence-corrected chi connectivity index (χ3v) is 11.6. The van der Waals surface area contributed by atoms with Crippen LogP contribution in [0.3, 0.4) is 0 Å². The number of nitriles is 1. The third kappa shape index (κ3) is 5.39. The second-order valence-electron chi connectivity index (χ2n) is 13.4. The van der Waals surface area contributed by atoms with Gasteiger partial charge in [-0.15, -0.1) is 11.3 Å². The molecule has 0 N–H and O–H groups in total. The van der Waals surface area contributed by atoms with Gasteiger partial charge in [-0.25, -0.2) is 4.98 Å². The molecular weight excluding hydrogens is 651 g/mol. The van der Waals surface area contributed by atoms with Gasteiger partial charge in [0.1, 0.15) is 0 Å². The normalized spacial score (nSPS) is 13.9. The average Bonchev–Trinajstić information content (AvgIpc) is 3.72. The molecule has 1 aliphatic rings. The lowest BCUT2D eigenvalue weighted by Gasteiger charge is -2.22. The highest BCUT2D eigenvalue weighted by atomic mass is 32.1. The minimum absolute atomic E-state index is 0.224. The third-order valence-electron chi connectivity index (χ3n) is 10.3. The summed E-state index contributed by atoms with van der Waals surface area (Å²) in [6, 6.07) is 49.1. The Morgan fingerprint density at radius 3 is 2.35 bits per heavy atom. The molecule has 52 heavy (non-hydrogen) atoms. The predicted octanol–water partition coefficient (Wildman–Crippen LogP) is 12.8. The van der Waals surface area contributed by atoms with Crippen molar-refractivity contribution in [2.24, 2.45) is 0 Å². The van der Waals surface area contributed by atoms with Crippen molar-refractivity contribution < 1.29 is 0 Å². The van der Waals surface area contributed by atoms with Crippen molar-refractivity contribution in [2.75, 3.05) is 0 Å². The van der Waals surface area contributed by atoms with Crippen molar-refractivity contribution in [3.05, 3.63) is 179 Å². The topological polar surface area (TPSA) is 41.6 Å². The summed E-state index contributed by atoms with van der Waals surface area (Å²) in [7, 11) is 0. The first kappa shape index (κ1) is 31.7. The van der Waals surface area contributed by atoms with E-state index in [1.54, 1.807) is 0 Å². The molecule has 3 aromatic heterocycles. The predicted molar refractivity (Wildman–Crippen MR) is 219 cm³/mol. The Labute approximate surface area is 308 Å². The van der Waals surface area contributed by atoms with E-state index in [4.69, 9.17) is 4.98 Å². The summed E-state index contributed by atoms with van der Waals surface area (Å²) >= 11 is 1.90. The molecule has 0 amide bonds. The summed E-state index contributed by atoms with van der Waals surface area (Å²) in [5, 5.41) is 12.8. The summed E-state index contributed by atoms with van der Waals surface area (Å²) in [6.07, 6.45) is 9.99.